The van der Waals surface area contributed by atoms with Gasteiger partial charge in [-0.05, 0) is 35.8 Å². The van der Waals surface area contributed by atoms with E-state index >= 15 is 0 Å². The van der Waals surface area contributed by atoms with E-state index in [1.807, 2.05) is 78.6 Å². The predicted octanol–water partition coefficient (Wildman–Crippen LogP) is 3.60. The maximum absolute atomic E-state index is 13.6. The number of nitriles is 1. The number of fused-ring (bicyclic) bond motifs is 1. The molecule has 2 heterocycles. The number of amides is 1. The lowest BCUT2D eigenvalue weighted by atomic mass is 10.1. The number of rotatable bonds is 7. The Bertz CT molecular complexity index is 1430. The monoisotopic (exact) mass is 449 g/mol. The van der Waals surface area contributed by atoms with Gasteiger partial charge in [0.25, 0.3) is 11.5 Å². The van der Waals surface area contributed by atoms with E-state index in [1.54, 1.807) is 18.3 Å². The molecule has 0 bridgehead atoms. The summed E-state index contributed by atoms with van der Waals surface area (Å²) in [7, 11) is 0. The maximum Gasteiger partial charge on any atom is 0.267 e. The van der Waals surface area contributed by atoms with Gasteiger partial charge in [0.15, 0.2) is 0 Å². The molecule has 0 aliphatic heterocycles. The second kappa shape index (κ2) is 9.84. The summed E-state index contributed by atoms with van der Waals surface area (Å²) in [5.41, 5.74) is 8.19. The average Bonchev–Trinajstić information content (AvgIpc) is 2.84. The molecular weight excluding hydrogens is 426 g/mol. The molecule has 2 aromatic carbocycles. The van der Waals surface area contributed by atoms with E-state index in [4.69, 9.17) is 10.7 Å². The molecule has 0 radical (unpaired) electrons. The highest BCUT2D eigenvalue weighted by atomic mass is 16.1. The number of anilines is 1. The molecule has 2 N–H and O–H groups in total. The van der Waals surface area contributed by atoms with E-state index in [1.165, 1.54) is 10.5 Å². The van der Waals surface area contributed by atoms with Gasteiger partial charge in [-0.3, -0.25) is 14.0 Å². The van der Waals surface area contributed by atoms with Crippen LogP contribution in [0.1, 0.15) is 22.3 Å². The molecule has 0 aliphatic rings. The van der Waals surface area contributed by atoms with E-state index in [-0.39, 0.29) is 16.7 Å². The fourth-order valence-corrected chi connectivity index (χ4v) is 3.78. The maximum atomic E-state index is 13.6. The van der Waals surface area contributed by atoms with Crippen LogP contribution in [0.2, 0.25) is 0 Å². The van der Waals surface area contributed by atoms with Gasteiger partial charge in [-0.15, -0.1) is 0 Å². The summed E-state index contributed by atoms with van der Waals surface area (Å²) in [5.74, 6) is -0.527. The summed E-state index contributed by atoms with van der Waals surface area (Å²) < 4.78 is 1.42. The second-order valence-corrected chi connectivity index (χ2v) is 7.90. The zero-order valence-corrected chi connectivity index (χ0v) is 18.7. The normalized spacial score (nSPS) is 11.2. The van der Waals surface area contributed by atoms with Gasteiger partial charge in [-0.25, -0.2) is 4.98 Å². The number of carbonyl (C=O) groups is 1. The van der Waals surface area contributed by atoms with Crippen LogP contribution in [-0.2, 0) is 17.9 Å². The van der Waals surface area contributed by atoms with Crippen molar-refractivity contribution in [3.8, 4) is 6.07 Å². The Hall–Kier alpha value is -4.70. The summed E-state index contributed by atoms with van der Waals surface area (Å²) in [6, 6.07) is 25.1. The van der Waals surface area contributed by atoms with Gasteiger partial charge >= 0.3 is 0 Å². The van der Waals surface area contributed by atoms with Crippen molar-refractivity contribution >= 4 is 23.4 Å². The fraction of sp³-hybridized carbons (Fsp3) is 0.111. The highest BCUT2D eigenvalue weighted by Gasteiger charge is 2.20. The molecule has 0 aliphatic carbocycles. The quantitative estimate of drug-likeness (QED) is 0.343. The number of benzene rings is 2. The van der Waals surface area contributed by atoms with Crippen LogP contribution in [0.4, 0.5) is 5.82 Å². The first-order chi connectivity index (χ1) is 16.5. The highest BCUT2D eigenvalue weighted by Crippen LogP contribution is 2.24. The number of aromatic nitrogens is 2. The van der Waals surface area contributed by atoms with Crippen molar-refractivity contribution < 1.29 is 4.79 Å². The molecule has 34 heavy (non-hydrogen) atoms. The average molecular weight is 450 g/mol. The smallest absolute Gasteiger partial charge is 0.267 e. The van der Waals surface area contributed by atoms with Gasteiger partial charge in [-0.2, -0.15) is 5.26 Å². The summed E-state index contributed by atoms with van der Waals surface area (Å²) in [5, 5.41) is 9.44. The third kappa shape index (κ3) is 4.71. The molecule has 4 rings (SSSR count). The van der Waals surface area contributed by atoms with Gasteiger partial charge in [-0.1, -0.05) is 66.7 Å². The summed E-state index contributed by atoms with van der Waals surface area (Å²) >= 11 is 0. The molecule has 168 valence electrons. The Balaban J connectivity index is 1.99. The summed E-state index contributed by atoms with van der Waals surface area (Å²) in [6.07, 6.45) is 2.86. The molecule has 0 atom stereocenters. The fourth-order valence-electron chi connectivity index (χ4n) is 3.78. The Morgan fingerprint density at radius 1 is 1.03 bits per heavy atom. The minimum Gasteiger partial charge on any atom is -0.365 e. The van der Waals surface area contributed by atoms with Crippen LogP contribution in [0.15, 0.2) is 89.4 Å². The minimum atomic E-state index is -0.903. The number of carbonyl (C=O) groups excluding carboxylic acids is 1. The Labute approximate surface area is 197 Å². The summed E-state index contributed by atoms with van der Waals surface area (Å²) in [4.78, 5) is 32.2. The molecule has 0 fully saturated rings. The molecule has 4 aromatic rings. The molecule has 7 heteroatoms. The van der Waals surface area contributed by atoms with Crippen molar-refractivity contribution in [2.45, 2.75) is 20.0 Å². The van der Waals surface area contributed by atoms with Crippen LogP contribution in [0.5, 0.6) is 0 Å². The largest absolute Gasteiger partial charge is 0.365 e. The lowest BCUT2D eigenvalue weighted by Gasteiger charge is -2.26. The van der Waals surface area contributed by atoms with E-state index in [9.17, 15) is 14.9 Å². The van der Waals surface area contributed by atoms with Crippen LogP contribution in [0.3, 0.4) is 0 Å². The first-order valence-electron chi connectivity index (χ1n) is 10.7. The Morgan fingerprint density at radius 3 is 2.15 bits per heavy atom. The number of primary amides is 1. The van der Waals surface area contributed by atoms with Crippen LogP contribution in [0.25, 0.3) is 11.7 Å². The summed E-state index contributed by atoms with van der Waals surface area (Å²) in [6.45, 7) is 2.80. The minimum absolute atomic E-state index is 0.130. The van der Waals surface area contributed by atoms with Crippen LogP contribution in [0, 0.1) is 18.3 Å². The second-order valence-electron chi connectivity index (χ2n) is 7.90. The number of aryl methyl sites for hydroxylation is 1. The van der Waals surface area contributed by atoms with Crippen molar-refractivity contribution in [1.82, 2.24) is 9.38 Å². The molecule has 2 aromatic heterocycles. The Morgan fingerprint density at radius 2 is 1.62 bits per heavy atom. The molecule has 0 spiro atoms. The predicted molar refractivity (Wildman–Crippen MR) is 132 cm³/mol. The van der Waals surface area contributed by atoms with E-state index in [2.05, 4.69) is 0 Å². The topological polar surface area (TPSA) is 104 Å². The first-order valence-corrected chi connectivity index (χ1v) is 10.7. The third-order valence-electron chi connectivity index (χ3n) is 5.47. The number of pyridine rings is 1. The third-order valence-corrected chi connectivity index (χ3v) is 5.47. The van der Waals surface area contributed by atoms with Crippen molar-refractivity contribution in [3.63, 3.8) is 0 Å². The molecule has 0 saturated carbocycles. The Kier molecular flexibility index (Phi) is 6.51. The molecule has 1 amide bonds. The molecule has 0 unspecified atom stereocenters. The van der Waals surface area contributed by atoms with Crippen LogP contribution < -0.4 is 16.2 Å². The first kappa shape index (κ1) is 22.5. The SMILES string of the molecule is Cc1cccn2c(=O)c(/C=C(/C#N)C(N)=O)c(N(Cc3ccccc3)Cc3ccccc3)nc12. The van der Waals surface area contributed by atoms with Crippen LogP contribution >= 0.6 is 0 Å². The standard InChI is InChI=1S/C27H23N5O2/c1-19-9-8-14-32-25(19)30-26(23(27(32)34)15-22(16-28)24(29)33)31(17-20-10-4-2-5-11-20)18-21-12-6-3-7-13-21/h2-15H,17-18H2,1H3,(H2,29,33)/b22-15-. The lowest BCUT2D eigenvalue weighted by Crippen LogP contribution is -2.29. The zero-order valence-electron chi connectivity index (χ0n) is 18.7. The van der Waals surface area contributed by atoms with Crippen molar-refractivity contribution in [3.05, 3.63) is 117 Å². The zero-order chi connectivity index (χ0) is 24.1. The highest BCUT2D eigenvalue weighted by molar-refractivity contribution is 6.01. The molecular formula is C27H23N5O2. The van der Waals surface area contributed by atoms with E-state index < -0.39 is 5.91 Å². The van der Waals surface area contributed by atoms with Crippen molar-refractivity contribution in [1.29, 1.82) is 5.26 Å². The molecule has 0 saturated heterocycles. The number of hydrogen-bond donors (Lipinski definition) is 1. The van der Waals surface area contributed by atoms with Crippen LogP contribution in [-0.4, -0.2) is 15.3 Å². The van der Waals surface area contributed by atoms with E-state index in [0.717, 1.165) is 16.7 Å². The van der Waals surface area contributed by atoms with Gasteiger partial charge in [0.2, 0.25) is 0 Å². The number of hydrogen-bond acceptors (Lipinski definition) is 5. The lowest BCUT2D eigenvalue weighted by molar-refractivity contribution is -0.114. The molecule has 7 nitrogen and oxygen atoms in total. The number of nitrogens with zero attached hydrogens (tertiary/aromatic N) is 4. The van der Waals surface area contributed by atoms with Crippen molar-refractivity contribution in [2.75, 3.05) is 4.90 Å². The van der Waals surface area contributed by atoms with E-state index in [0.29, 0.717) is 24.6 Å². The number of nitrogens with two attached hydrogens (primary N) is 1. The van der Waals surface area contributed by atoms with Gasteiger partial charge in [0, 0.05) is 19.3 Å². The van der Waals surface area contributed by atoms with Crippen molar-refractivity contribution in [2.24, 2.45) is 5.73 Å². The van der Waals surface area contributed by atoms with Gasteiger partial charge in [0.05, 0.1) is 5.56 Å². The van der Waals surface area contributed by atoms with Gasteiger partial charge < -0.3 is 10.6 Å². The van der Waals surface area contributed by atoms with Gasteiger partial charge in [0.1, 0.15) is 23.1 Å².